The van der Waals surface area contributed by atoms with Gasteiger partial charge in [0, 0.05) is 0 Å². The van der Waals surface area contributed by atoms with Crippen LogP contribution in [0.4, 0.5) is 4.79 Å². The minimum absolute atomic E-state index is 0.154. The van der Waals surface area contributed by atoms with Gasteiger partial charge in [0.1, 0.15) is 17.8 Å². The molecule has 2 aromatic carbocycles. The maximum atomic E-state index is 14.7. The number of cyclic esters (lactones) is 1. The molecule has 8 nitrogen and oxygen atoms in total. The minimum Gasteiger partial charge on any atom is -0.441 e. The molecule has 2 aromatic rings. The summed E-state index contributed by atoms with van der Waals surface area (Å²) in [5.74, 6) is -1.35. The van der Waals surface area contributed by atoms with E-state index in [0.717, 1.165) is 11.1 Å². The van der Waals surface area contributed by atoms with Crippen LogP contribution in [0, 0.1) is 0 Å². The fraction of sp³-hybridized carbons (Fsp3) is 0.576. The van der Waals surface area contributed by atoms with Crippen LogP contribution in [-0.4, -0.2) is 67.6 Å². The molecular formula is C33H47NO7Si. The Morgan fingerprint density at radius 2 is 1.57 bits per heavy atom. The smallest absolute Gasteiger partial charge is 0.417 e. The van der Waals surface area contributed by atoms with E-state index in [2.05, 4.69) is 33.9 Å². The van der Waals surface area contributed by atoms with Crippen molar-refractivity contribution >= 4 is 20.3 Å². The highest BCUT2D eigenvalue weighted by Gasteiger charge is 2.55. The summed E-state index contributed by atoms with van der Waals surface area (Å²) in [7, 11) is -2.46. The Balaban J connectivity index is 1.75. The van der Waals surface area contributed by atoms with Crippen LogP contribution in [0.5, 0.6) is 0 Å². The molecule has 0 bridgehead atoms. The second kappa shape index (κ2) is 12.2. The van der Waals surface area contributed by atoms with E-state index < -0.39 is 56.1 Å². The SMILES string of the molecule is CC1(C)OC[C@H]([C@@H](O[Si](C)(C)C(C)(C)C)[C@H](OCc2ccccc2)C(=O)N2C(=O)OC(C)(C)[C@@H]2Cc2ccccc2)O1. The molecule has 2 saturated heterocycles. The minimum atomic E-state index is -2.46. The number of hydrogen-bond acceptors (Lipinski definition) is 7. The number of benzene rings is 2. The molecule has 230 valence electrons. The summed E-state index contributed by atoms with van der Waals surface area (Å²) in [6, 6.07) is 18.9. The van der Waals surface area contributed by atoms with Crippen LogP contribution in [0.25, 0.3) is 0 Å². The van der Waals surface area contributed by atoms with Crippen molar-refractivity contribution in [1.29, 1.82) is 0 Å². The molecule has 0 saturated carbocycles. The quantitative estimate of drug-likeness (QED) is 0.290. The first-order chi connectivity index (χ1) is 19.5. The maximum absolute atomic E-state index is 14.7. The lowest BCUT2D eigenvalue weighted by atomic mass is 9.91. The third-order valence-corrected chi connectivity index (χ3v) is 13.1. The van der Waals surface area contributed by atoms with E-state index in [1.165, 1.54) is 4.90 Å². The number of carbonyl (C=O) groups is 2. The van der Waals surface area contributed by atoms with Gasteiger partial charge in [0.2, 0.25) is 0 Å². The number of ether oxygens (including phenoxy) is 4. The second-order valence-corrected chi connectivity index (χ2v) is 18.6. The van der Waals surface area contributed by atoms with E-state index in [-0.39, 0.29) is 18.3 Å². The van der Waals surface area contributed by atoms with E-state index in [4.69, 9.17) is 23.4 Å². The van der Waals surface area contributed by atoms with Crippen LogP contribution in [0.2, 0.25) is 18.1 Å². The Morgan fingerprint density at radius 1 is 1.00 bits per heavy atom. The van der Waals surface area contributed by atoms with E-state index in [1.54, 1.807) is 0 Å². The highest BCUT2D eigenvalue weighted by Crippen LogP contribution is 2.41. The van der Waals surface area contributed by atoms with Gasteiger partial charge in [0.05, 0.1) is 19.3 Å². The van der Waals surface area contributed by atoms with Crippen molar-refractivity contribution in [3.8, 4) is 0 Å². The number of rotatable bonds is 10. The molecule has 0 aromatic heterocycles. The van der Waals surface area contributed by atoms with Crippen LogP contribution in [0.15, 0.2) is 60.7 Å². The monoisotopic (exact) mass is 597 g/mol. The molecular weight excluding hydrogens is 550 g/mol. The fourth-order valence-corrected chi connectivity index (χ4v) is 6.44. The van der Waals surface area contributed by atoms with Gasteiger partial charge >= 0.3 is 6.09 Å². The van der Waals surface area contributed by atoms with Crippen molar-refractivity contribution in [2.24, 2.45) is 0 Å². The molecule has 0 aliphatic carbocycles. The topological polar surface area (TPSA) is 83.5 Å². The number of amides is 2. The predicted molar refractivity (Wildman–Crippen MR) is 163 cm³/mol. The van der Waals surface area contributed by atoms with Crippen molar-refractivity contribution in [1.82, 2.24) is 4.90 Å². The highest BCUT2D eigenvalue weighted by molar-refractivity contribution is 6.74. The van der Waals surface area contributed by atoms with Gasteiger partial charge in [-0.15, -0.1) is 0 Å². The standard InChI is InChI=1S/C33H47NO7Si/c1-31(2,3)42(8,9)41-27(25-22-38-33(6,7)39-25)28(37-21-24-18-14-11-15-19-24)29(35)34-26(32(4,5)40-30(34)36)20-23-16-12-10-13-17-23/h10-19,25-28H,20-22H2,1-9H3/t25-,26+,27-,28+/m1/s1. The Kier molecular flexibility index (Phi) is 9.40. The molecule has 2 heterocycles. The number of nitrogens with zero attached hydrogens (tertiary/aromatic N) is 1. The zero-order chi connectivity index (χ0) is 30.9. The van der Waals surface area contributed by atoms with Gasteiger partial charge in [-0.2, -0.15) is 0 Å². The molecule has 0 radical (unpaired) electrons. The lowest BCUT2D eigenvalue weighted by Gasteiger charge is -2.43. The van der Waals surface area contributed by atoms with Gasteiger partial charge in [-0.05, 0) is 63.4 Å². The highest BCUT2D eigenvalue weighted by atomic mass is 28.4. The van der Waals surface area contributed by atoms with E-state index in [1.807, 2.05) is 88.4 Å². The van der Waals surface area contributed by atoms with Crippen LogP contribution >= 0.6 is 0 Å². The second-order valence-electron chi connectivity index (χ2n) is 13.8. The summed E-state index contributed by atoms with van der Waals surface area (Å²) in [6.45, 7) is 18.4. The molecule has 0 spiro atoms. The largest absolute Gasteiger partial charge is 0.441 e. The van der Waals surface area contributed by atoms with Gasteiger partial charge in [-0.3, -0.25) is 4.79 Å². The van der Waals surface area contributed by atoms with Gasteiger partial charge in [0.25, 0.3) is 5.91 Å². The summed E-state index contributed by atoms with van der Waals surface area (Å²) >= 11 is 0. The molecule has 2 fully saturated rings. The molecule has 0 N–H and O–H groups in total. The molecule has 2 amide bonds. The average molecular weight is 598 g/mol. The number of hydrogen-bond donors (Lipinski definition) is 0. The molecule has 4 atom stereocenters. The van der Waals surface area contributed by atoms with Crippen molar-refractivity contribution in [2.45, 2.75) is 115 Å². The molecule has 42 heavy (non-hydrogen) atoms. The van der Waals surface area contributed by atoms with Crippen LogP contribution in [-0.2, 0) is 41.2 Å². The lowest BCUT2D eigenvalue weighted by molar-refractivity contribution is -0.174. The number of carbonyl (C=O) groups excluding carboxylic acids is 2. The molecule has 2 aliphatic rings. The third-order valence-electron chi connectivity index (χ3n) is 8.62. The first-order valence-corrected chi connectivity index (χ1v) is 17.7. The average Bonchev–Trinajstić information content (AvgIpc) is 3.37. The first kappa shape index (κ1) is 32.4. The molecule has 0 unspecified atom stereocenters. The molecule has 4 rings (SSSR count). The lowest BCUT2D eigenvalue weighted by Crippen LogP contribution is -2.59. The molecule has 2 aliphatic heterocycles. The zero-order valence-corrected chi connectivity index (χ0v) is 27.5. The molecule has 9 heteroatoms. The first-order valence-electron chi connectivity index (χ1n) is 14.8. The Hall–Kier alpha value is -2.56. The van der Waals surface area contributed by atoms with E-state index in [9.17, 15) is 9.59 Å². The van der Waals surface area contributed by atoms with Gasteiger partial charge in [0.15, 0.2) is 20.2 Å². The zero-order valence-electron chi connectivity index (χ0n) is 26.5. The summed E-state index contributed by atoms with van der Waals surface area (Å²) in [6.07, 6.45) is -2.80. The van der Waals surface area contributed by atoms with Crippen molar-refractivity contribution in [3.05, 3.63) is 71.8 Å². The van der Waals surface area contributed by atoms with Gasteiger partial charge in [-0.25, -0.2) is 9.69 Å². The Labute approximate surface area is 251 Å². The fourth-order valence-electron chi connectivity index (χ4n) is 5.13. The van der Waals surface area contributed by atoms with E-state index in [0.29, 0.717) is 6.42 Å². The summed E-state index contributed by atoms with van der Waals surface area (Å²) in [4.78, 5) is 29.4. The summed E-state index contributed by atoms with van der Waals surface area (Å²) in [5, 5.41) is -0.155. The van der Waals surface area contributed by atoms with Crippen molar-refractivity contribution in [3.63, 3.8) is 0 Å². The van der Waals surface area contributed by atoms with Crippen molar-refractivity contribution < 1.29 is 33.0 Å². The summed E-state index contributed by atoms with van der Waals surface area (Å²) < 4.78 is 31.5. The Morgan fingerprint density at radius 3 is 2.10 bits per heavy atom. The third kappa shape index (κ3) is 7.31. The van der Waals surface area contributed by atoms with Crippen LogP contribution < -0.4 is 0 Å². The number of imide groups is 1. The summed E-state index contributed by atoms with van der Waals surface area (Å²) in [5.41, 5.74) is 0.990. The van der Waals surface area contributed by atoms with Gasteiger partial charge in [-0.1, -0.05) is 81.4 Å². The van der Waals surface area contributed by atoms with Gasteiger partial charge < -0.3 is 23.4 Å². The van der Waals surface area contributed by atoms with Crippen LogP contribution in [0.1, 0.15) is 59.6 Å². The van der Waals surface area contributed by atoms with E-state index >= 15 is 0 Å². The predicted octanol–water partition coefficient (Wildman–Crippen LogP) is 6.48. The maximum Gasteiger partial charge on any atom is 0.417 e. The van der Waals surface area contributed by atoms with Crippen LogP contribution in [0.3, 0.4) is 0 Å². The normalized spacial score (nSPS) is 23.5. The van der Waals surface area contributed by atoms with Crippen molar-refractivity contribution in [2.75, 3.05) is 6.61 Å². The Bertz CT molecular complexity index is 1230.